The lowest BCUT2D eigenvalue weighted by molar-refractivity contribution is 0.428. The number of benzene rings is 2. The maximum Gasteiger partial charge on any atom is 0.194 e. The largest absolute Gasteiger partial charge is 0.313 e. The van der Waals surface area contributed by atoms with Gasteiger partial charge in [0.1, 0.15) is 11.6 Å². The van der Waals surface area contributed by atoms with Gasteiger partial charge >= 0.3 is 0 Å². The Morgan fingerprint density at radius 1 is 0.905 bits per heavy atom. The molecule has 2 rings (SSSR count). The smallest absolute Gasteiger partial charge is 0.194 e. The van der Waals surface area contributed by atoms with Gasteiger partial charge in [-0.05, 0) is 37.2 Å². The van der Waals surface area contributed by atoms with Gasteiger partial charge in [0, 0.05) is 17.7 Å². The predicted molar refractivity (Wildman–Crippen MR) is 68.2 cm³/mol. The standard InChI is InChI=1S/C15H12F5N/c1-21-13(6-8-4-9(16)7-10(17)5-8)11-2-3-12(18)15(20)14(11)19/h2-5,7,13,21H,6H2,1H3. The lowest BCUT2D eigenvalue weighted by atomic mass is 9.98. The van der Waals surface area contributed by atoms with Crippen molar-refractivity contribution in [1.82, 2.24) is 5.32 Å². The lowest BCUT2D eigenvalue weighted by Crippen LogP contribution is -2.21. The molecule has 0 aliphatic carbocycles. The van der Waals surface area contributed by atoms with Crippen LogP contribution in [0.4, 0.5) is 22.0 Å². The van der Waals surface area contributed by atoms with E-state index in [-0.39, 0.29) is 17.5 Å². The summed E-state index contributed by atoms with van der Waals surface area (Å²) in [6.07, 6.45) is 0.0210. The van der Waals surface area contributed by atoms with Gasteiger partial charge < -0.3 is 5.32 Å². The third-order valence-corrected chi connectivity index (χ3v) is 3.15. The summed E-state index contributed by atoms with van der Waals surface area (Å²) >= 11 is 0. The maximum absolute atomic E-state index is 13.8. The summed E-state index contributed by atoms with van der Waals surface area (Å²) in [4.78, 5) is 0. The monoisotopic (exact) mass is 301 g/mol. The molecule has 2 aromatic rings. The van der Waals surface area contributed by atoms with Gasteiger partial charge in [-0.25, -0.2) is 22.0 Å². The molecular formula is C15H12F5N. The van der Waals surface area contributed by atoms with Crippen molar-refractivity contribution < 1.29 is 22.0 Å². The van der Waals surface area contributed by atoms with Crippen molar-refractivity contribution >= 4 is 0 Å². The van der Waals surface area contributed by atoms with Crippen LogP contribution in [0.3, 0.4) is 0 Å². The molecule has 6 heteroatoms. The molecule has 0 aromatic heterocycles. The van der Waals surface area contributed by atoms with Crippen LogP contribution in [0.15, 0.2) is 30.3 Å². The third kappa shape index (κ3) is 3.39. The molecule has 0 aliphatic rings. The van der Waals surface area contributed by atoms with Crippen molar-refractivity contribution in [3.05, 3.63) is 70.5 Å². The van der Waals surface area contributed by atoms with E-state index < -0.39 is 35.1 Å². The van der Waals surface area contributed by atoms with Gasteiger partial charge in [-0.1, -0.05) is 6.07 Å². The van der Waals surface area contributed by atoms with Crippen LogP contribution in [0.1, 0.15) is 17.2 Å². The van der Waals surface area contributed by atoms with Crippen molar-refractivity contribution in [3.8, 4) is 0 Å². The third-order valence-electron chi connectivity index (χ3n) is 3.15. The summed E-state index contributed by atoms with van der Waals surface area (Å²) in [5.41, 5.74) is 0.164. The van der Waals surface area contributed by atoms with Crippen molar-refractivity contribution in [1.29, 1.82) is 0 Å². The minimum Gasteiger partial charge on any atom is -0.313 e. The van der Waals surface area contributed by atoms with Gasteiger partial charge in [0.05, 0.1) is 0 Å². The van der Waals surface area contributed by atoms with Crippen molar-refractivity contribution in [3.63, 3.8) is 0 Å². The molecule has 2 aromatic carbocycles. The minimum atomic E-state index is -1.57. The highest BCUT2D eigenvalue weighted by Crippen LogP contribution is 2.24. The molecule has 0 saturated heterocycles. The van der Waals surface area contributed by atoms with Crippen LogP contribution in [0.5, 0.6) is 0 Å². The minimum absolute atomic E-state index is 0.0210. The number of likely N-dealkylation sites (N-methyl/N-ethyl adjacent to an activating group) is 1. The number of rotatable bonds is 4. The summed E-state index contributed by atoms with van der Waals surface area (Å²) in [5, 5.41) is 2.72. The molecule has 1 unspecified atom stereocenters. The summed E-state index contributed by atoms with van der Waals surface area (Å²) in [7, 11) is 1.49. The molecule has 0 radical (unpaired) electrons. The van der Waals surface area contributed by atoms with Crippen molar-refractivity contribution in [2.24, 2.45) is 0 Å². The quantitative estimate of drug-likeness (QED) is 0.667. The van der Waals surface area contributed by atoms with E-state index in [0.717, 1.165) is 30.3 Å². The average Bonchev–Trinajstić information content (AvgIpc) is 2.42. The summed E-state index contributed by atoms with van der Waals surface area (Å²) in [6.45, 7) is 0. The van der Waals surface area contributed by atoms with Gasteiger partial charge in [-0.15, -0.1) is 0 Å². The molecule has 21 heavy (non-hydrogen) atoms. The van der Waals surface area contributed by atoms with E-state index in [4.69, 9.17) is 0 Å². The number of halogens is 5. The zero-order valence-electron chi connectivity index (χ0n) is 11.1. The average molecular weight is 301 g/mol. The molecule has 1 nitrogen and oxygen atoms in total. The van der Waals surface area contributed by atoms with Crippen LogP contribution >= 0.6 is 0 Å². The Balaban J connectivity index is 2.34. The fraction of sp³-hybridized carbons (Fsp3) is 0.200. The van der Waals surface area contributed by atoms with E-state index in [2.05, 4.69) is 5.32 Å². The molecule has 0 fully saturated rings. The molecular weight excluding hydrogens is 289 g/mol. The first-order valence-corrected chi connectivity index (χ1v) is 6.18. The van der Waals surface area contributed by atoms with Gasteiger partial charge in [0.15, 0.2) is 17.5 Å². The van der Waals surface area contributed by atoms with E-state index in [1.807, 2.05) is 0 Å². The highest BCUT2D eigenvalue weighted by molar-refractivity contribution is 5.27. The highest BCUT2D eigenvalue weighted by atomic mass is 19.2. The van der Waals surface area contributed by atoms with Crippen LogP contribution in [-0.4, -0.2) is 7.05 Å². The first-order valence-electron chi connectivity index (χ1n) is 6.18. The molecule has 1 N–H and O–H groups in total. The number of hydrogen-bond acceptors (Lipinski definition) is 1. The van der Waals surface area contributed by atoms with Crippen molar-refractivity contribution in [2.45, 2.75) is 12.5 Å². The topological polar surface area (TPSA) is 12.0 Å². The van der Waals surface area contributed by atoms with E-state index in [9.17, 15) is 22.0 Å². The van der Waals surface area contributed by atoms with Crippen LogP contribution in [-0.2, 0) is 6.42 Å². The number of nitrogens with one attached hydrogen (secondary N) is 1. The van der Waals surface area contributed by atoms with Crippen LogP contribution in [0.2, 0.25) is 0 Å². The lowest BCUT2D eigenvalue weighted by Gasteiger charge is -2.18. The summed E-state index contributed by atoms with van der Waals surface area (Å²) < 4.78 is 66.2. The van der Waals surface area contributed by atoms with Gasteiger partial charge in [0.2, 0.25) is 0 Å². The Bertz CT molecular complexity index is 637. The Morgan fingerprint density at radius 2 is 1.52 bits per heavy atom. The van der Waals surface area contributed by atoms with Crippen LogP contribution in [0, 0.1) is 29.1 Å². The van der Waals surface area contributed by atoms with Gasteiger partial charge in [-0.2, -0.15) is 0 Å². The Morgan fingerprint density at radius 3 is 2.10 bits per heavy atom. The first-order chi connectivity index (χ1) is 9.92. The SMILES string of the molecule is CNC(Cc1cc(F)cc(F)c1)c1ccc(F)c(F)c1F. The molecule has 112 valence electrons. The van der Waals surface area contributed by atoms with Gasteiger partial charge in [-0.3, -0.25) is 0 Å². The normalized spacial score (nSPS) is 12.5. The second-order valence-electron chi connectivity index (χ2n) is 4.59. The van der Waals surface area contributed by atoms with Crippen molar-refractivity contribution in [2.75, 3.05) is 7.05 Å². The molecule has 0 amide bonds. The van der Waals surface area contributed by atoms with Crippen LogP contribution < -0.4 is 5.32 Å². The van der Waals surface area contributed by atoms with Gasteiger partial charge in [0.25, 0.3) is 0 Å². The van der Waals surface area contributed by atoms with E-state index >= 15 is 0 Å². The van der Waals surface area contributed by atoms with E-state index in [1.165, 1.54) is 7.05 Å². The molecule has 0 heterocycles. The molecule has 0 spiro atoms. The predicted octanol–water partition coefficient (Wildman–Crippen LogP) is 3.89. The number of hydrogen-bond donors (Lipinski definition) is 1. The Kier molecular flexibility index (Phi) is 4.57. The Hall–Kier alpha value is -1.95. The molecule has 0 aliphatic heterocycles. The molecule has 1 atom stereocenters. The second kappa shape index (κ2) is 6.22. The Labute approximate surface area is 118 Å². The second-order valence-corrected chi connectivity index (χ2v) is 4.59. The molecule has 0 bridgehead atoms. The van der Waals surface area contributed by atoms with Crippen LogP contribution in [0.25, 0.3) is 0 Å². The summed E-state index contributed by atoms with van der Waals surface area (Å²) in [5.74, 6) is -5.69. The highest BCUT2D eigenvalue weighted by Gasteiger charge is 2.20. The summed E-state index contributed by atoms with van der Waals surface area (Å²) in [6, 6.07) is 4.09. The van der Waals surface area contributed by atoms with E-state index in [0.29, 0.717) is 0 Å². The zero-order chi connectivity index (χ0) is 15.6. The molecule has 0 saturated carbocycles. The fourth-order valence-electron chi connectivity index (χ4n) is 2.14. The maximum atomic E-state index is 13.8. The fourth-order valence-corrected chi connectivity index (χ4v) is 2.14. The van der Waals surface area contributed by atoms with E-state index in [1.54, 1.807) is 0 Å². The zero-order valence-corrected chi connectivity index (χ0v) is 11.1. The first kappa shape index (κ1) is 15.4.